The van der Waals surface area contributed by atoms with Crippen LogP contribution >= 0.6 is 0 Å². The van der Waals surface area contributed by atoms with Gasteiger partial charge in [0.15, 0.2) is 5.82 Å². The summed E-state index contributed by atoms with van der Waals surface area (Å²) >= 11 is 0. The molecule has 1 fully saturated rings. The van der Waals surface area contributed by atoms with E-state index >= 15 is 0 Å². The average molecular weight is 210 g/mol. The second kappa shape index (κ2) is 3.64. The molecule has 0 radical (unpaired) electrons. The normalized spacial score (nSPS) is 20.1. The van der Waals surface area contributed by atoms with Gasteiger partial charge in [0.2, 0.25) is 0 Å². The van der Waals surface area contributed by atoms with Crippen LogP contribution in [-0.4, -0.2) is 21.2 Å². The van der Waals surface area contributed by atoms with Gasteiger partial charge in [0.05, 0.1) is 0 Å². The Morgan fingerprint density at radius 2 is 2.07 bits per heavy atom. The van der Waals surface area contributed by atoms with Gasteiger partial charge in [-0.1, -0.05) is 31.3 Å². The van der Waals surface area contributed by atoms with Crippen LogP contribution in [0.5, 0.6) is 0 Å². The molecule has 82 valence electrons. The molecule has 15 heavy (non-hydrogen) atoms. The van der Waals surface area contributed by atoms with Crippen LogP contribution in [0.1, 0.15) is 55.5 Å². The number of aromatic carboxylic acids is 1. The van der Waals surface area contributed by atoms with Gasteiger partial charge in [0.25, 0.3) is 0 Å². The number of nitrogens with zero attached hydrogens (tertiary/aromatic N) is 2. The van der Waals surface area contributed by atoms with Gasteiger partial charge in [0, 0.05) is 5.41 Å². The molecule has 0 amide bonds. The molecule has 1 aliphatic rings. The highest BCUT2D eigenvalue weighted by atomic mass is 16.5. The van der Waals surface area contributed by atoms with Gasteiger partial charge in [-0.3, -0.25) is 0 Å². The van der Waals surface area contributed by atoms with Crippen LogP contribution in [0.3, 0.4) is 0 Å². The van der Waals surface area contributed by atoms with E-state index in [2.05, 4.69) is 21.6 Å². The number of carbonyl (C=O) groups is 1. The summed E-state index contributed by atoms with van der Waals surface area (Å²) < 4.78 is 4.68. The van der Waals surface area contributed by atoms with Crippen LogP contribution in [-0.2, 0) is 5.41 Å². The topological polar surface area (TPSA) is 76.2 Å². The Morgan fingerprint density at radius 3 is 2.60 bits per heavy atom. The lowest BCUT2D eigenvalue weighted by Gasteiger charge is -2.29. The van der Waals surface area contributed by atoms with E-state index in [4.69, 9.17) is 5.11 Å². The molecule has 1 aromatic rings. The first kappa shape index (κ1) is 10.1. The van der Waals surface area contributed by atoms with E-state index in [1.807, 2.05) is 0 Å². The number of hydrogen-bond acceptors (Lipinski definition) is 4. The first-order chi connectivity index (χ1) is 7.12. The summed E-state index contributed by atoms with van der Waals surface area (Å²) in [6.07, 6.45) is 5.54. The first-order valence-electron chi connectivity index (χ1n) is 5.19. The number of hydrogen-bond donors (Lipinski definition) is 1. The minimum Gasteiger partial charge on any atom is -0.474 e. The quantitative estimate of drug-likeness (QED) is 0.807. The lowest BCUT2D eigenvalue weighted by Crippen LogP contribution is -2.26. The molecule has 0 bridgehead atoms. The highest BCUT2D eigenvalue weighted by molar-refractivity contribution is 5.81. The molecular weight excluding hydrogens is 196 g/mol. The molecule has 1 heterocycles. The maximum absolute atomic E-state index is 10.6. The van der Waals surface area contributed by atoms with Crippen molar-refractivity contribution in [1.29, 1.82) is 0 Å². The Morgan fingerprint density at radius 1 is 1.40 bits per heavy atom. The van der Waals surface area contributed by atoms with Crippen molar-refractivity contribution < 1.29 is 14.4 Å². The van der Waals surface area contributed by atoms with Gasteiger partial charge in [-0.2, -0.15) is 4.98 Å². The predicted molar refractivity (Wildman–Crippen MR) is 51.7 cm³/mol. The van der Waals surface area contributed by atoms with Crippen molar-refractivity contribution in [3.8, 4) is 0 Å². The Balaban J connectivity index is 2.23. The van der Waals surface area contributed by atoms with Crippen LogP contribution in [0.2, 0.25) is 0 Å². The van der Waals surface area contributed by atoms with Crippen molar-refractivity contribution >= 4 is 5.97 Å². The summed E-state index contributed by atoms with van der Waals surface area (Å²) in [7, 11) is 0. The Hall–Kier alpha value is -1.39. The van der Waals surface area contributed by atoms with Crippen LogP contribution in [0.15, 0.2) is 4.52 Å². The largest absolute Gasteiger partial charge is 0.474 e. The molecule has 0 aliphatic heterocycles. The molecule has 0 atom stereocenters. The lowest BCUT2D eigenvalue weighted by molar-refractivity contribution is 0.0643. The van der Waals surface area contributed by atoms with E-state index < -0.39 is 5.97 Å². The monoisotopic (exact) mass is 210 g/mol. The fraction of sp³-hybridized carbons (Fsp3) is 0.700. The van der Waals surface area contributed by atoms with Crippen LogP contribution in [0.4, 0.5) is 0 Å². The van der Waals surface area contributed by atoms with E-state index in [0.29, 0.717) is 5.82 Å². The van der Waals surface area contributed by atoms with E-state index in [-0.39, 0.29) is 11.3 Å². The highest BCUT2D eigenvalue weighted by Gasteiger charge is 2.34. The minimum atomic E-state index is -1.16. The molecule has 2 rings (SSSR count). The van der Waals surface area contributed by atoms with Crippen LogP contribution in [0.25, 0.3) is 0 Å². The molecule has 0 aromatic carbocycles. The van der Waals surface area contributed by atoms with Gasteiger partial charge in [-0.05, 0) is 12.8 Å². The summed E-state index contributed by atoms with van der Waals surface area (Å²) in [6.45, 7) is 2.07. The number of carboxylic acids is 1. The fourth-order valence-corrected chi connectivity index (χ4v) is 2.11. The Bertz CT molecular complexity index is 366. The van der Waals surface area contributed by atoms with Crippen molar-refractivity contribution in [2.75, 3.05) is 0 Å². The van der Waals surface area contributed by atoms with Gasteiger partial charge < -0.3 is 9.63 Å². The first-order valence-corrected chi connectivity index (χ1v) is 5.19. The molecule has 1 aliphatic carbocycles. The molecular formula is C10H14N2O3. The standard InChI is InChI=1S/C10H14N2O3/c1-10(5-3-2-4-6-10)9-11-7(8(13)14)15-12-9/h2-6H2,1H3,(H,13,14). The Kier molecular flexibility index (Phi) is 2.46. The van der Waals surface area contributed by atoms with Gasteiger partial charge in [-0.15, -0.1) is 0 Å². The third-order valence-electron chi connectivity index (χ3n) is 3.11. The zero-order chi connectivity index (χ0) is 10.9. The molecule has 5 nitrogen and oxygen atoms in total. The average Bonchev–Trinajstić information content (AvgIpc) is 2.68. The summed E-state index contributed by atoms with van der Waals surface area (Å²) in [6, 6.07) is 0. The van der Waals surface area contributed by atoms with E-state index in [1.165, 1.54) is 6.42 Å². The van der Waals surface area contributed by atoms with Crippen molar-refractivity contribution in [3.05, 3.63) is 11.7 Å². The fourth-order valence-electron chi connectivity index (χ4n) is 2.11. The molecule has 1 N–H and O–H groups in total. The van der Waals surface area contributed by atoms with Crippen molar-refractivity contribution in [2.45, 2.75) is 44.4 Å². The molecule has 0 unspecified atom stereocenters. The molecule has 5 heteroatoms. The number of rotatable bonds is 2. The number of carboxylic acid groups (broad SMARTS) is 1. The molecule has 0 saturated heterocycles. The maximum atomic E-state index is 10.6. The maximum Gasteiger partial charge on any atom is 0.394 e. The van der Waals surface area contributed by atoms with E-state index in [9.17, 15) is 4.79 Å². The highest BCUT2D eigenvalue weighted by Crippen LogP contribution is 2.37. The van der Waals surface area contributed by atoms with Crippen LogP contribution < -0.4 is 0 Å². The summed E-state index contributed by atoms with van der Waals surface area (Å²) in [5.74, 6) is -0.926. The van der Waals surface area contributed by atoms with Gasteiger partial charge in [0.1, 0.15) is 0 Å². The van der Waals surface area contributed by atoms with Crippen molar-refractivity contribution in [2.24, 2.45) is 0 Å². The molecule has 1 saturated carbocycles. The van der Waals surface area contributed by atoms with E-state index in [1.54, 1.807) is 0 Å². The SMILES string of the molecule is CC1(c2noc(C(=O)O)n2)CCCCC1. The van der Waals surface area contributed by atoms with E-state index in [0.717, 1.165) is 25.7 Å². The second-order valence-electron chi connectivity index (χ2n) is 4.35. The van der Waals surface area contributed by atoms with Gasteiger partial charge in [-0.25, -0.2) is 4.79 Å². The molecule has 0 spiro atoms. The third kappa shape index (κ3) is 1.86. The summed E-state index contributed by atoms with van der Waals surface area (Å²) in [5, 5.41) is 12.5. The lowest BCUT2D eigenvalue weighted by atomic mass is 9.75. The zero-order valence-corrected chi connectivity index (χ0v) is 8.69. The second-order valence-corrected chi connectivity index (χ2v) is 4.35. The summed E-state index contributed by atoms with van der Waals surface area (Å²) in [4.78, 5) is 14.5. The Labute approximate surface area is 87.5 Å². The van der Waals surface area contributed by atoms with Crippen molar-refractivity contribution in [1.82, 2.24) is 10.1 Å². The van der Waals surface area contributed by atoms with Gasteiger partial charge >= 0.3 is 11.9 Å². The smallest absolute Gasteiger partial charge is 0.394 e. The minimum absolute atomic E-state index is 0.102. The number of aromatic nitrogens is 2. The van der Waals surface area contributed by atoms with Crippen LogP contribution in [0, 0.1) is 0 Å². The van der Waals surface area contributed by atoms with Crippen molar-refractivity contribution in [3.63, 3.8) is 0 Å². The third-order valence-corrected chi connectivity index (χ3v) is 3.11. The zero-order valence-electron chi connectivity index (χ0n) is 8.69. The summed E-state index contributed by atoms with van der Waals surface area (Å²) in [5.41, 5.74) is -0.102. The molecule has 1 aromatic heterocycles. The predicted octanol–water partition coefficient (Wildman–Crippen LogP) is 1.99.